The first kappa shape index (κ1) is 12.5. The van der Waals surface area contributed by atoms with Gasteiger partial charge in [-0.1, -0.05) is 29.6 Å². The summed E-state index contributed by atoms with van der Waals surface area (Å²) in [6.07, 6.45) is 3.76. The molecular formula is C13H16Cl2N2O. The minimum absolute atomic E-state index is 0.0338. The molecule has 2 aliphatic heterocycles. The lowest BCUT2D eigenvalue weighted by Gasteiger charge is -2.33. The van der Waals surface area contributed by atoms with E-state index < -0.39 is 0 Å². The zero-order valence-corrected chi connectivity index (χ0v) is 11.5. The quantitative estimate of drug-likeness (QED) is 0.833. The molecule has 2 saturated heterocycles. The van der Waals surface area contributed by atoms with Crippen LogP contribution in [-0.4, -0.2) is 29.1 Å². The minimum atomic E-state index is 0.0338. The average molecular weight is 287 g/mol. The lowest BCUT2D eigenvalue weighted by Crippen LogP contribution is -2.37. The highest BCUT2D eigenvalue weighted by Crippen LogP contribution is 2.39. The molecule has 1 aromatic carbocycles. The van der Waals surface area contributed by atoms with Crippen LogP contribution in [0.3, 0.4) is 0 Å². The Labute approximate surface area is 117 Å². The van der Waals surface area contributed by atoms with Gasteiger partial charge in [-0.05, 0) is 25.0 Å². The lowest BCUT2D eigenvalue weighted by atomic mass is 10.0. The van der Waals surface area contributed by atoms with Crippen molar-refractivity contribution in [2.45, 2.75) is 31.5 Å². The zero-order chi connectivity index (χ0) is 12.7. The molecule has 0 bridgehead atoms. The van der Waals surface area contributed by atoms with Crippen molar-refractivity contribution in [1.82, 2.24) is 10.2 Å². The first-order chi connectivity index (χ1) is 8.66. The van der Waals surface area contributed by atoms with Crippen molar-refractivity contribution in [2.24, 2.45) is 0 Å². The molecule has 0 spiro atoms. The number of piperidine rings is 1. The number of benzene rings is 1. The largest absolute Gasteiger partial charge is 0.506 e. The highest BCUT2D eigenvalue weighted by molar-refractivity contribution is 6.35. The van der Waals surface area contributed by atoms with E-state index >= 15 is 0 Å². The molecule has 2 heterocycles. The number of phenolic OH excluding ortho intramolecular Hbond substituents is 1. The molecule has 0 amide bonds. The lowest BCUT2D eigenvalue weighted by molar-refractivity contribution is 0.146. The third-order valence-electron chi connectivity index (χ3n) is 3.90. The summed E-state index contributed by atoms with van der Waals surface area (Å²) in [4.78, 5) is 2.41. The summed E-state index contributed by atoms with van der Waals surface area (Å²) in [6.45, 7) is 2.03. The van der Waals surface area contributed by atoms with Gasteiger partial charge in [0.05, 0.1) is 11.2 Å². The predicted octanol–water partition coefficient (Wildman–Crippen LogP) is 3.16. The zero-order valence-electron chi connectivity index (χ0n) is 10.00. The number of rotatable bonds is 1. The van der Waals surface area contributed by atoms with Crippen molar-refractivity contribution in [1.29, 1.82) is 0 Å². The molecule has 1 aromatic rings. The fourth-order valence-corrected chi connectivity index (χ4v) is 3.54. The van der Waals surface area contributed by atoms with E-state index in [-0.39, 0.29) is 11.9 Å². The maximum atomic E-state index is 10.1. The van der Waals surface area contributed by atoms with Gasteiger partial charge >= 0.3 is 0 Å². The Hall–Kier alpha value is -0.480. The van der Waals surface area contributed by atoms with Gasteiger partial charge in [-0.15, -0.1) is 0 Å². The Morgan fingerprint density at radius 1 is 1.28 bits per heavy atom. The molecule has 0 aliphatic carbocycles. The molecule has 2 aliphatic rings. The summed E-state index contributed by atoms with van der Waals surface area (Å²) in [7, 11) is 0. The molecule has 0 radical (unpaired) electrons. The van der Waals surface area contributed by atoms with E-state index in [4.69, 9.17) is 23.2 Å². The first-order valence-electron chi connectivity index (χ1n) is 6.34. The molecule has 2 fully saturated rings. The van der Waals surface area contributed by atoms with Crippen LogP contribution in [0.5, 0.6) is 5.75 Å². The van der Waals surface area contributed by atoms with Crippen LogP contribution in [0.2, 0.25) is 10.0 Å². The molecular weight excluding hydrogens is 271 g/mol. The Kier molecular flexibility index (Phi) is 3.41. The number of hydrogen-bond donors (Lipinski definition) is 2. The van der Waals surface area contributed by atoms with E-state index in [1.165, 1.54) is 19.3 Å². The highest BCUT2D eigenvalue weighted by atomic mass is 35.5. The first-order valence-corrected chi connectivity index (χ1v) is 7.09. The van der Waals surface area contributed by atoms with Crippen LogP contribution in [0.4, 0.5) is 0 Å². The van der Waals surface area contributed by atoms with Gasteiger partial charge in [-0.2, -0.15) is 0 Å². The van der Waals surface area contributed by atoms with Crippen molar-refractivity contribution in [3.05, 3.63) is 27.7 Å². The van der Waals surface area contributed by atoms with Crippen molar-refractivity contribution < 1.29 is 5.11 Å². The second-order valence-corrected chi connectivity index (χ2v) is 5.87. The summed E-state index contributed by atoms with van der Waals surface area (Å²) >= 11 is 12.0. The van der Waals surface area contributed by atoms with Crippen LogP contribution in [0.15, 0.2) is 12.1 Å². The molecule has 2 N–H and O–H groups in total. The molecule has 2 unspecified atom stereocenters. The minimum Gasteiger partial charge on any atom is -0.506 e. The van der Waals surface area contributed by atoms with Gasteiger partial charge in [0.15, 0.2) is 0 Å². The van der Waals surface area contributed by atoms with Crippen LogP contribution in [0, 0.1) is 0 Å². The maximum Gasteiger partial charge on any atom is 0.140 e. The van der Waals surface area contributed by atoms with Gasteiger partial charge in [0.25, 0.3) is 0 Å². The summed E-state index contributed by atoms with van der Waals surface area (Å²) < 4.78 is 0. The van der Waals surface area contributed by atoms with Gasteiger partial charge in [0, 0.05) is 29.7 Å². The number of aromatic hydroxyl groups is 1. The number of halogens is 2. The second-order valence-electron chi connectivity index (χ2n) is 5.02. The van der Waals surface area contributed by atoms with E-state index in [9.17, 15) is 5.11 Å². The van der Waals surface area contributed by atoms with E-state index in [0.29, 0.717) is 16.1 Å². The van der Waals surface area contributed by atoms with Gasteiger partial charge in [-0.25, -0.2) is 0 Å². The number of nitrogens with one attached hydrogen (secondary N) is 1. The Morgan fingerprint density at radius 2 is 2.11 bits per heavy atom. The van der Waals surface area contributed by atoms with E-state index in [0.717, 1.165) is 18.7 Å². The number of fused-ring (bicyclic) bond motifs is 1. The van der Waals surface area contributed by atoms with E-state index in [2.05, 4.69) is 10.2 Å². The fourth-order valence-electron chi connectivity index (χ4n) is 3.03. The standard InChI is InChI=1S/C13H16Cl2N2O/c14-8-5-10(12(18)11(15)6-8)13-16-7-9-3-1-2-4-17(9)13/h5-6,9,13,16,18H,1-4,7H2. The number of phenols is 1. The Balaban J connectivity index is 1.95. The van der Waals surface area contributed by atoms with E-state index in [1.807, 2.05) is 0 Å². The average Bonchev–Trinajstić information content (AvgIpc) is 2.77. The fraction of sp³-hybridized carbons (Fsp3) is 0.538. The van der Waals surface area contributed by atoms with E-state index in [1.54, 1.807) is 12.1 Å². The van der Waals surface area contributed by atoms with Crippen LogP contribution in [0.1, 0.15) is 31.0 Å². The molecule has 5 heteroatoms. The van der Waals surface area contributed by atoms with Gasteiger partial charge in [-0.3, -0.25) is 10.2 Å². The monoisotopic (exact) mass is 286 g/mol. The van der Waals surface area contributed by atoms with Crippen molar-refractivity contribution >= 4 is 23.2 Å². The Morgan fingerprint density at radius 3 is 2.94 bits per heavy atom. The predicted molar refractivity (Wildman–Crippen MR) is 73.2 cm³/mol. The summed E-state index contributed by atoms with van der Waals surface area (Å²) in [6, 6.07) is 3.95. The van der Waals surface area contributed by atoms with Crippen molar-refractivity contribution in [3.8, 4) is 5.75 Å². The topological polar surface area (TPSA) is 35.5 Å². The van der Waals surface area contributed by atoms with Crippen LogP contribution < -0.4 is 5.32 Å². The third-order valence-corrected chi connectivity index (χ3v) is 4.41. The van der Waals surface area contributed by atoms with Gasteiger partial charge in [0.2, 0.25) is 0 Å². The van der Waals surface area contributed by atoms with Crippen LogP contribution >= 0.6 is 23.2 Å². The molecule has 18 heavy (non-hydrogen) atoms. The smallest absolute Gasteiger partial charge is 0.140 e. The summed E-state index contributed by atoms with van der Waals surface area (Å²) in [5, 5.41) is 14.5. The second kappa shape index (κ2) is 4.89. The summed E-state index contributed by atoms with van der Waals surface area (Å²) in [5.74, 6) is 0.143. The third kappa shape index (κ3) is 2.10. The number of nitrogens with zero attached hydrogens (tertiary/aromatic N) is 1. The van der Waals surface area contributed by atoms with Gasteiger partial charge < -0.3 is 5.11 Å². The SMILES string of the molecule is Oc1c(Cl)cc(Cl)cc1C1NCC2CCCCN21. The molecule has 0 aromatic heterocycles. The molecule has 3 nitrogen and oxygen atoms in total. The Bertz CT molecular complexity index is 467. The molecule has 2 atom stereocenters. The summed E-state index contributed by atoms with van der Waals surface area (Å²) in [5.41, 5.74) is 0.789. The van der Waals surface area contributed by atoms with Crippen molar-refractivity contribution in [2.75, 3.05) is 13.1 Å². The number of hydrogen-bond acceptors (Lipinski definition) is 3. The maximum absolute atomic E-state index is 10.1. The molecule has 98 valence electrons. The van der Waals surface area contributed by atoms with Gasteiger partial charge in [0.1, 0.15) is 5.75 Å². The van der Waals surface area contributed by atoms with Crippen LogP contribution in [0.25, 0.3) is 0 Å². The molecule has 3 rings (SSSR count). The normalized spacial score (nSPS) is 28.3. The van der Waals surface area contributed by atoms with Crippen molar-refractivity contribution in [3.63, 3.8) is 0 Å². The van der Waals surface area contributed by atoms with Crippen LogP contribution in [-0.2, 0) is 0 Å². The molecule has 0 saturated carbocycles. The highest BCUT2D eigenvalue weighted by Gasteiger charge is 2.36.